The largest absolute Gasteiger partial charge is 0.359 e. The fourth-order valence-electron chi connectivity index (χ4n) is 1.89. The lowest BCUT2D eigenvalue weighted by molar-refractivity contribution is -0.122. The molecule has 0 saturated carbocycles. The van der Waals surface area contributed by atoms with Gasteiger partial charge in [-0.3, -0.25) is 4.79 Å². The van der Waals surface area contributed by atoms with Gasteiger partial charge < -0.3 is 10.6 Å². The topological polar surface area (TPSA) is 53.5 Å². The van der Waals surface area contributed by atoms with Gasteiger partial charge in [0.05, 0.1) is 0 Å². The number of nitrogens with one attached hydrogen (secondary N) is 2. The molecule has 0 aliphatic carbocycles. The van der Waals surface area contributed by atoms with Gasteiger partial charge in [0.25, 0.3) is 0 Å². The van der Waals surface area contributed by atoms with Crippen LogP contribution >= 0.6 is 11.8 Å². The van der Waals surface area contributed by atoms with Crippen LogP contribution in [0.15, 0.2) is 4.99 Å². The number of carbonyl (C=O) groups is 1. The molecule has 0 aromatic carbocycles. The molecule has 5 heteroatoms. The molecule has 0 bridgehead atoms. The standard InChI is InChI=1S/C14H27N3OS/c1-6-14(7-2)9-19-13(17-14)16-11(5)12(18)15-8-10(3)4/h10-11H,6-9H2,1-5H3,(H,15,18)(H,16,17). The molecule has 0 spiro atoms. The number of nitrogens with zero attached hydrogens (tertiary/aromatic N) is 1. The molecular formula is C14H27N3OS. The van der Waals surface area contributed by atoms with E-state index in [4.69, 9.17) is 0 Å². The zero-order valence-electron chi connectivity index (χ0n) is 12.7. The number of amidine groups is 1. The second kappa shape index (κ2) is 7.17. The Hall–Kier alpha value is -0.710. The van der Waals surface area contributed by atoms with Crippen molar-refractivity contribution < 1.29 is 4.79 Å². The first-order valence-corrected chi connectivity index (χ1v) is 8.17. The Morgan fingerprint density at radius 1 is 1.42 bits per heavy atom. The van der Waals surface area contributed by atoms with Gasteiger partial charge in [0, 0.05) is 17.8 Å². The molecule has 1 amide bonds. The Morgan fingerprint density at radius 2 is 2.05 bits per heavy atom. The van der Waals surface area contributed by atoms with Crippen molar-refractivity contribution in [3.05, 3.63) is 0 Å². The summed E-state index contributed by atoms with van der Waals surface area (Å²) in [5, 5.41) is 7.32. The van der Waals surface area contributed by atoms with Gasteiger partial charge in [0.2, 0.25) is 5.91 Å². The summed E-state index contributed by atoms with van der Waals surface area (Å²) in [6.45, 7) is 11.1. The van der Waals surface area contributed by atoms with Crippen LogP contribution < -0.4 is 10.6 Å². The van der Waals surface area contributed by atoms with E-state index in [1.807, 2.05) is 6.92 Å². The molecule has 1 fully saturated rings. The van der Waals surface area contributed by atoms with E-state index in [0.29, 0.717) is 12.5 Å². The normalized spacial score (nSPS) is 21.5. The number of rotatable bonds is 6. The number of amides is 1. The first-order valence-electron chi connectivity index (χ1n) is 7.19. The molecular weight excluding hydrogens is 258 g/mol. The fraction of sp³-hybridized carbons (Fsp3) is 0.857. The lowest BCUT2D eigenvalue weighted by Gasteiger charge is -2.25. The predicted molar refractivity (Wildman–Crippen MR) is 83.7 cm³/mol. The monoisotopic (exact) mass is 285 g/mol. The van der Waals surface area contributed by atoms with Crippen LogP contribution in [0.1, 0.15) is 47.5 Å². The van der Waals surface area contributed by atoms with Crippen molar-refractivity contribution in [3.63, 3.8) is 0 Å². The summed E-state index contributed by atoms with van der Waals surface area (Å²) >= 11 is 1.73. The Bertz CT molecular complexity index is 338. The van der Waals surface area contributed by atoms with E-state index in [-0.39, 0.29) is 17.5 Å². The maximum absolute atomic E-state index is 11.9. The molecule has 1 aliphatic rings. The number of hydrogen-bond donors (Lipinski definition) is 2. The van der Waals surface area contributed by atoms with E-state index in [1.165, 1.54) is 0 Å². The molecule has 19 heavy (non-hydrogen) atoms. The first-order chi connectivity index (χ1) is 8.92. The Balaban J connectivity index is 2.54. The highest BCUT2D eigenvalue weighted by molar-refractivity contribution is 8.14. The molecule has 1 aliphatic heterocycles. The third-order valence-corrected chi connectivity index (χ3v) is 4.76. The van der Waals surface area contributed by atoms with Crippen molar-refractivity contribution in [2.24, 2.45) is 10.9 Å². The van der Waals surface area contributed by atoms with Crippen molar-refractivity contribution in [2.45, 2.75) is 59.0 Å². The highest BCUT2D eigenvalue weighted by atomic mass is 32.2. The molecule has 1 saturated heterocycles. The summed E-state index contributed by atoms with van der Waals surface area (Å²) in [6, 6.07) is -0.321. The third kappa shape index (κ3) is 4.71. The van der Waals surface area contributed by atoms with Gasteiger partial charge in [-0.2, -0.15) is 0 Å². The summed E-state index contributed by atoms with van der Waals surface area (Å²) in [5.74, 6) is 1.52. The second-order valence-corrected chi connectivity index (χ2v) is 6.61. The summed E-state index contributed by atoms with van der Waals surface area (Å²) in [6.07, 6.45) is 2.17. The minimum Gasteiger partial charge on any atom is -0.359 e. The second-order valence-electron chi connectivity index (χ2n) is 5.65. The highest BCUT2D eigenvalue weighted by Gasteiger charge is 2.34. The molecule has 1 atom stereocenters. The summed E-state index contributed by atoms with van der Waals surface area (Å²) in [4.78, 5) is 16.4. The molecule has 1 unspecified atom stereocenters. The summed E-state index contributed by atoms with van der Waals surface area (Å²) in [7, 11) is 0. The zero-order valence-corrected chi connectivity index (χ0v) is 13.6. The van der Waals surface area contributed by atoms with Crippen LogP contribution in [0.5, 0.6) is 0 Å². The van der Waals surface area contributed by atoms with E-state index >= 15 is 0 Å². The van der Waals surface area contributed by atoms with Crippen LogP contribution in [-0.2, 0) is 4.79 Å². The van der Waals surface area contributed by atoms with Crippen LogP contribution in [0.4, 0.5) is 0 Å². The van der Waals surface area contributed by atoms with Gasteiger partial charge >= 0.3 is 0 Å². The zero-order chi connectivity index (χ0) is 14.5. The Labute approximate surface area is 121 Å². The van der Waals surface area contributed by atoms with Crippen molar-refractivity contribution in [3.8, 4) is 0 Å². The van der Waals surface area contributed by atoms with Crippen molar-refractivity contribution in [1.82, 2.24) is 10.6 Å². The van der Waals surface area contributed by atoms with Crippen LogP contribution in [0.25, 0.3) is 0 Å². The van der Waals surface area contributed by atoms with E-state index in [1.54, 1.807) is 11.8 Å². The van der Waals surface area contributed by atoms with E-state index in [2.05, 4.69) is 43.3 Å². The van der Waals surface area contributed by atoms with Crippen LogP contribution in [0.3, 0.4) is 0 Å². The quantitative estimate of drug-likeness (QED) is 0.788. The van der Waals surface area contributed by atoms with Crippen molar-refractivity contribution >= 4 is 22.8 Å². The Kier molecular flexibility index (Phi) is 6.17. The lowest BCUT2D eigenvalue weighted by atomic mass is 9.96. The van der Waals surface area contributed by atoms with Crippen molar-refractivity contribution in [1.29, 1.82) is 0 Å². The maximum Gasteiger partial charge on any atom is 0.244 e. The van der Waals surface area contributed by atoms with Crippen molar-refractivity contribution in [2.75, 3.05) is 12.3 Å². The van der Waals surface area contributed by atoms with E-state index < -0.39 is 0 Å². The fourth-order valence-corrected chi connectivity index (χ4v) is 3.31. The molecule has 1 rings (SSSR count). The van der Waals surface area contributed by atoms with Crippen LogP contribution in [0, 0.1) is 5.92 Å². The highest BCUT2D eigenvalue weighted by Crippen LogP contribution is 2.29. The summed E-state index contributed by atoms with van der Waals surface area (Å²) in [5.41, 5.74) is 0.164. The van der Waals surface area contributed by atoms with Gasteiger partial charge in [-0.25, -0.2) is 4.99 Å². The maximum atomic E-state index is 11.9. The van der Waals surface area contributed by atoms with Crippen LogP contribution in [-0.4, -0.2) is 35.0 Å². The minimum atomic E-state index is -0.321. The molecule has 4 nitrogen and oxygen atoms in total. The summed E-state index contributed by atoms with van der Waals surface area (Å²) < 4.78 is 0. The predicted octanol–water partition coefficient (Wildman–Crippen LogP) is 2.40. The van der Waals surface area contributed by atoms with E-state index in [0.717, 1.165) is 23.8 Å². The average molecular weight is 285 g/mol. The van der Waals surface area contributed by atoms with Crippen LogP contribution in [0.2, 0.25) is 0 Å². The lowest BCUT2D eigenvalue weighted by Crippen LogP contribution is -2.43. The Morgan fingerprint density at radius 3 is 2.53 bits per heavy atom. The van der Waals surface area contributed by atoms with Gasteiger partial charge in [0.1, 0.15) is 6.04 Å². The van der Waals surface area contributed by atoms with Gasteiger partial charge in [-0.15, -0.1) is 0 Å². The minimum absolute atomic E-state index is 0.00842. The van der Waals surface area contributed by atoms with E-state index in [9.17, 15) is 4.79 Å². The number of aliphatic imine (C=N–C) groups is 1. The number of thioether (sulfide) groups is 1. The van der Waals surface area contributed by atoms with Gasteiger partial charge in [-0.1, -0.05) is 39.5 Å². The smallest absolute Gasteiger partial charge is 0.244 e. The first kappa shape index (κ1) is 16.3. The molecule has 0 aromatic rings. The molecule has 2 N–H and O–H groups in total. The molecule has 110 valence electrons. The molecule has 1 heterocycles. The number of hydrogen-bond acceptors (Lipinski definition) is 3. The van der Waals surface area contributed by atoms with Gasteiger partial charge in [0.15, 0.2) is 5.17 Å². The SMILES string of the molecule is CCC1(CC)CSC(=NC(C)C(=O)NCC(C)C)N1. The number of carbonyl (C=O) groups excluding carboxylic acids is 1. The third-order valence-electron chi connectivity index (χ3n) is 3.59. The molecule has 0 radical (unpaired) electrons. The van der Waals surface area contributed by atoms with Gasteiger partial charge in [-0.05, 0) is 25.7 Å². The molecule has 0 aromatic heterocycles. The average Bonchev–Trinajstić information content (AvgIpc) is 2.79.